The second-order valence-corrected chi connectivity index (χ2v) is 6.97. The molecule has 0 aliphatic carbocycles. The quantitative estimate of drug-likeness (QED) is 0.720. The zero-order valence-corrected chi connectivity index (χ0v) is 14.6. The lowest BCUT2D eigenvalue weighted by Crippen LogP contribution is -2.37. The summed E-state index contributed by atoms with van der Waals surface area (Å²) in [5, 5.41) is 0.820. The van der Waals surface area contributed by atoms with E-state index >= 15 is 0 Å². The molecule has 2 aromatic heterocycles. The Morgan fingerprint density at radius 3 is 2.80 bits per heavy atom. The fourth-order valence-electron chi connectivity index (χ4n) is 2.74. The van der Waals surface area contributed by atoms with Crippen LogP contribution in [0.2, 0.25) is 0 Å². The van der Waals surface area contributed by atoms with Crippen LogP contribution < -0.4 is 9.64 Å². The maximum Gasteiger partial charge on any atom is 0.271 e. The van der Waals surface area contributed by atoms with E-state index in [-0.39, 0.29) is 5.91 Å². The van der Waals surface area contributed by atoms with Gasteiger partial charge in [-0.3, -0.25) is 9.69 Å². The van der Waals surface area contributed by atoms with Gasteiger partial charge in [0.15, 0.2) is 0 Å². The molecule has 0 atom stereocenters. The van der Waals surface area contributed by atoms with Gasteiger partial charge in [-0.15, -0.1) is 11.3 Å². The molecule has 1 aromatic carbocycles. The normalized spacial score (nSPS) is 13.6. The first kappa shape index (κ1) is 15.8. The van der Waals surface area contributed by atoms with Crippen molar-refractivity contribution in [2.45, 2.75) is 20.0 Å². The number of fused-ring (bicyclic) bond motifs is 1. The van der Waals surface area contributed by atoms with E-state index < -0.39 is 0 Å². The molecule has 6 heteroatoms. The lowest BCUT2D eigenvalue weighted by atomic mass is 10.1. The smallest absolute Gasteiger partial charge is 0.271 e. The van der Waals surface area contributed by atoms with Gasteiger partial charge in [-0.25, -0.2) is 9.97 Å². The van der Waals surface area contributed by atoms with Gasteiger partial charge >= 0.3 is 0 Å². The Labute approximate surface area is 149 Å². The van der Waals surface area contributed by atoms with E-state index in [4.69, 9.17) is 4.74 Å². The van der Waals surface area contributed by atoms with Crippen LogP contribution in [0.3, 0.4) is 0 Å². The zero-order valence-electron chi connectivity index (χ0n) is 13.8. The summed E-state index contributed by atoms with van der Waals surface area (Å²) in [6, 6.07) is 13.5. The summed E-state index contributed by atoms with van der Waals surface area (Å²) >= 11 is 1.41. The van der Waals surface area contributed by atoms with Crippen molar-refractivity contribution < 1.29 is 9.53 Å². The van der Waals surface area contributed by atoms with E-state index in [9.17, 15) is 4.79 Å². The minimum atomic E-state index is -0.0268. The molecule has 0 saturated heterocycles. The Morgan fingerprint density at radius 1 is 1.20 bits per heavy atom. The minimum Gasteiger partial charge on any atom is -0.486 e. The number of pyridine rings is 1. The summed E-state index contributed by atoms with van der Waals surface area (Å²) in [5.74, 6) is 1.46. The van der Waals surface area contributed by atoms with Crippen LogP contribution in [0.15, 0.2) is 48.7 Å². The number of thiazole rings is 1. The van der Waals surface area contributed by atoms with E-state index in [2.05, 4.69) is 9.97 Å². The molecule has 1 aliphatic heterocycles. The first-order valence-electron chi connectivity index (χ1n) is 8.11. The third kappa shape index (κ3) is 3.25. The fraction of sp³-hybridized carbons (Fsp3) is 0.211. The maximum absolute atomic E-state index is 12.8. The molecule has 0 fully saturated rings. The number of para-hydroxylation sites is 1. The van der Waals surface area contributed by atoms with Crippen molar-refractivity contribution in [1.29, 1.82) is 0 Å². The van der Waals surface area contributed by atoms with Gasteiger partial charge in [0.1, 0.15) is 28.1 Å². The average molecular weight is 351 g/mol. The van der Waals surface area contributed by atoms with Gasteiger partial charge < -0.3 is 4.74 Å². The van der Waals surface area contributed by atoms with Crippen molar-refractivity contribution in [2.75, 3.05) is 11.4 Å². The Bertz CT molecular complexity index is 891. The van der Waals surface area contributed by atoms with Gasteiger partial charge in [-0.05, 0) is 30.7 Å². The van der Waals surface area contributed by atoms with Crippen LogP contribution in [-0.4, -0.2) is 22.4 Å². The van der Waals surface area contributed by atoms with Crippen LogP contribution in [0.25, 0.3) is 0 Å². The summed E-state index contributed by atoms with van der Waals surface area (Å²) in [7, 11) is 0. The summed E-state index contributed by atoms with van der Waals surface area (Å²) in [5.41, 5.74) is 1.94. The largest absolute Gasteiger partial charge is 0.486 e. The molecular formula is C19H17N3O2S. The Kier molecular flexibility index (Phi) is 4.19. The molecule has 0 N–H and O–H groups in total. The standard InChI is InChI=1S/C19H17N3O2S/c1-13-7-8-16(20-11-13)22-10-9-15-18(19(22)23)25-17(21-15)12-24-14-5-3-2-4-6-14/h2-8,11H,9-10,12H2,1H3. The first-order chi connectivity index (χ1) is 12.2. The van der Waals surface area contributed by atoms with Crippen LogP contribution >= 0.6 is 11.3 Å². The van der Waals surface area contributed by atoms with Crippen LogP contribution in [0.4, 0.5) is 5.82 Å². The molecule has 0 spiro atoms. The number of ether oxygens (including phenoxy) is 1. The second kappa shape index (κ2) is 6.64. The van der Waals surface area contributed by atoms with E-state index in [0.29, 0.717) is 23.8 Å². The van der Waals surface area contributed by atoms with Gasteiger partial charge in [-0.1, -0.05) is 24.3 Å². The van der Waals surface area contributed by atoms with Crippen molar-refractivity contribution in [2.24, 2.45) is 0 Å². The van der Waals surface area contributed by atoms with Crippen molar-refractivity contribution in [1.82, 2.24) is 9.97 Å². The predicted octanol–water partition coefficient (Wildman–Crippen LogP) is 3.63. The number of carbonyl (C=O) groups is 1. The second-order valence-electron chi connectivity index (χ2n) is 5.89. The van der Waals surface area contributed by atoms with Gasteiger partial charge in [0.05, 0.1) is 5.69 Å². The van der Waals surface area contributed by atoms with Gasteiger partial charge in [-0.2, -0.15) is 0 Å². The third-order valence-corrected chi connectivity index (χ3v) is 5.09. The molecule has 0 radical (unpaired) electrons. The third-order valence-electron chi connectivity index (χ3n) is 4.03. The molecule has 0 saturated carbocycles. The first-order valence-corrected chi connectivity index (χ1v) is 8.93. The Hall–Kier alpha value is -2.73. The van der Waals surface area contributed by atoms with Crippen molar-refractivity contribution in [3.63, 3.8) is 0 Å². The van der Waals surface area contributed by atoms with Crippen LogP contribution in [0, 0.1) is 6.92 Å². The molecule has 4 rings (SSSR count). The monoisotopic (exact) mass is 351 g/mol. The molecule has 3 aromatic rings. The highest BCUT2D eigenvalue weighted by atomic mass is 32.1. The number of benzene rings is 1. The van der Waals surface area contributed by atoms with Crippen molar-refractivity contribution >= 4 is 23.1 Å². The van der Waals surface area contributed by atoms with E-state index in [1.54, 1.807) is 11.1 Å². The highest BCUT2D eigenvalue weighted by molar-refractivity contribution is 7.14. The number of aryl methyl sites for hydroxylation is 1. The topological polar surface area (TPSA) is 55.3 Å². The molecule has 0 unspecified atom stereocenters. The van der Waals surface area contributed by atoms with E-state index in [1.807, 2.05) is 49.4 Å². The van der Waals surface area contributed by atoms with Gasteiger partial charge in [0.2, 0.25) is 0 Å². The molecule has 25 heavy (non-hydrogen) atoms. The van der Waals surface area contributed by atoms with E-state index in [0.717, 1.165) is 28.4 Å². The molecule has 1 aliphatic rings. The molecule has 3 heterocycles. The van der Waals surface area contributed by atoms with Gasteiger partial charge in [0.25, 0.3) is 5.91 Å². The fourth-order valence-corrected chi connectivity index (χ4v) is 3.71. The van der Waals surface area contributed by atoms with Crippen LogP contribution in [0.5, 0.6) is 5.75 Å². The molecule has 1 amide bonds. The number of aromatic nitrogens is 2. The average Bonchev–Trinajstić information content (AvgIpc) is 3.06. The Balaban J connectivity index is 1.51. The summed E-state index contributed by atoms with van der Waals surface area (Å²) in [6.45, 7) is 2.96. The molecular weight excluding hydrogens is 334 g/mol. The highest BCUT2D eigenvalue weighted by Crippen LogP contribution is 2.28. The van der Waals surface area contributed by atoms with Crippen LogP contribution in [-0.2, 0) is 13.0 Å². The number of carbonyl (C=O) groups excluding carboxylic acids is 1. The summed E-state index contributed by atoms with van der Waals surface area (Å²) in [6.07, 6.45) is 2.52. The molecule has 126 valence electrons. The SMILES string of the molecule is Cc1ccc(N2CCc3nc(COc4ccccc4)sc3C2=O)nc1. The zero-order chi connectivity index (χ0) is 17.2. The van der Waals surface area contributed by atoms with Crippen LogP contribution in [0.1, 0.15) is 25.9 Å². The Morgan fingerprint density at radius 2 is 2.04 bits per heavy atom. The number of amides is 1. The lowest BCUT2D eigenvalue weighted by Gasteiger charge is -2.24. The lowest BCUT2D eigenvalue weighted by molar-refractivity contribution is 0.0983. The van der Waals surface area contributed by atoms with Gasteiger partial charge in [0, 0.05) is 19.2 Å². The van der Waals surface area contributed by atoms with E-state index in [1.165, 1.54) is 11.3 Å². The number of rotatable bonds is 4. The van der Waals surface area contributed by atoms with Crippen molar-refractivity contribution in [3.8, 4) is 5.75 Å². The summed E-state index contributed by atoms with van der Waals surface area (Å²) in [4.78, 5) is 24.2. The number of hydrogen-bond acceptors (Lipinski definition) is 5. The number of hydrogen-bond donors (Lipinski definition) is 0. The minimum absolute atomic E-state index is 0.0268. The molecule has 0 bridgehead atoms. The number of anilines is 1. The highest BCUT2D eigenvalue weighted by Gasteiger charge is 2.29. The van der Waals surface area contributed by atoms with Crippen molar-refractivity contribution in [3.05, 3.63) is 69.8 Å². The maximum atomic E-state index is 12.8. The molecule has 5 nitrogen and oxygen atoms in total. The predicted molar refractivity (Wildman–Crippen MR) is 97.2 cm³/mol. The number of nitrogens with zero attached hydrogens (tertiary/aromatic N) is 3. The summed E-state index contributed by atoms with van der Waals surface area (Å²) < 4.78 is 5.74.